The molecular weight excluding hydrogens is 1020 g/mol. The minimum absolute atomic E-state index is 0.0358. The maximum absolute atomic E-state index is 13.4. The van der Waals surface area contributed by atoms with Gasteiger partial charge in [-0.3, -0.25) is 49.2 Å². The van der Waals surface area contributed by atoms with Gasteiger partial charge in [-0.05, 0) is 81.3 Å². The molecule has 6 aromatic carbocycles. The van der Waals surface area contributed by atoms with E-state index in [1.807, 2.05) is 24.3 Å². The van der Waals surface area contributed by atoms with Gasteiger partial charge >= 0.3 is 0 Å². The highest BCUT2D eigenvalue weighted by Crippen LogP contribution is 2.44. The number of rotatable bonds is 18. The molecule has 0 N–H and O–H groups in total. The fourth-order valence-electron chi connectivity index (χ4n) is 10.6. The van der Waals surface area contributed by atoms with E-state index in [4.69, 9.17) is 18.9 Å². The first-order valence-corrected chi connectivity index (χ1v) is 26.7. The summed E-state index contributed by atoms with van der Waals surface area (Å²) in [5, 5.41) is 26.2. The number of hydrogen-bond acceptors (Lipinski definition) is 12. The first-order chi connectivity index (χ1) is 38.2. The van der Waals surface area contributed by atoms with Crippen molar-refractivity contribution in [3.8, 4) is 23.0 Å². The Morgan fingerprint density at radius 1 is 0.463 bits per heavy atom. The first kappa shape index (κ1) is 55.8. The van der Waals surface area contributed by atoms with E-state index in [9.17, 15) is 39.4 Å². The van der Waals surface area contributed by atoms with E-state index in [2.05, 4.69) is 54.7 Å². The lowest BCUT2D eigenvalue weighted by molar-refractivity contribution is -0.385. The molecule has 0 saturated heterocycles. The number of imide groups is 2. The summed E-state index contributed by atoms with van der Waals surface area (Å²) in [7, 11) is 0. The number of nitro groups is 2. The molecule has 16 heteroatoms. The van der Waals surface area contributed by atoms with E-state index in [-0.39, 0.29) is 89.4 Å². The molecule has 8 bridgehead atoms. The van der Waals surface area contributed by atoms with E-state index in [1.165, 1.54) is 34.1 Å². The molecule has 2 aliphatic heterocycles. The number of benzene rings is 6. The third-order valence-electron chi connectivity index (χ3n) is 14.6. The van der Waals surface area contributed by atoms with Gasteiger partial charge in [0.25, 0.3) is 35.0 Å². The number of nitrogens with zero attached hydrogens (tertiary/aromatic N) is 4. The van der Waals surface area contributed by atoms with Gasteiger partial charge in [-0.1, -0.05) is 115 Å². The van der Waals surface area contributed by atoms with Crippen LogP contribution >= 0.6 is 0 Å². The molecule has 16 nitrogen and oxygen atoms in total. The van der Waals surface area contributed by atoms with Gasteiger partial charge < -0.3 is 18.9 Å². The van der Waals surface area contributed by atoms with Crippen LogP contribution in [0.2, 0.25) is 0 Å². The van der Waals surface area contributed by atoms with Gasteiger partial charge in [-0.2, -0.15) is 0 Å². The highest BCUT2D eigenvalue weighted by molar-refractivity contribution is 6.22. The molecule has 0 atom stereocenters. The van der Waals surface area contributed by atoms with Crippen LogP contribution in [0.1, 0.15) is 151 Å². The number of ether oxygens (including phenoxy) is 4. The molecule has 1 aliphatic carbocycles. The van der Waals surface area contributed by atoms with Gasteiger partial charge in [0.1, 0.15) is 36.2 Å². The summed E-state index contributed by atoms with van der Waals surface area (Å²) in [4.78, 5) is 81.4. The fourth-order valence-corrected chi connectivity index (χ4v) is 10.6. The Bertz CT molecular complexity index is 3130. The zero-order chi connectivity index (χ0) is 57.2. The van der Waals surface area contributed by atoms with Gasteiger partial charge in [0.15, 0.2) is 0 Å². The predicted molar refractivity (Wildman–Crippen MR) is 303 cm³/mol. The fraction of sp³-hybridized carbons (Fsp3) is 0.312. The molecular formula is C64H64N4O12. The molecule has 0 unspecified atom stereocenters. The standard InChI is InChI=1S/C64H64N4O12/c1-9-23-77-57-43-27-39-31-47(63(3,4)5)33-41(55(39)79-25-15-21-65-59(69)51-17-11-12-18-52(51)60(65)70)29-45-37-50(68(75)76)38-46(58(45)78-24-10-2)30-42-34-48(64(6,7)8)32-40(28-44(57)36-49(35-43)67(73)74)56(42)80-26-16-22-66-61(71)53-19-13-14-20-54(53)62(66)72/h9-14,17-20,31-38H,1-2,15-16,21-30H2,3-8H3. The van der Waals surface area contributed by atoms with Crippen molar-refractivity contribution in [2.24, 2.45) is 0 Å². The molecule has 3 aliphatic rings. The summed E-state index contributed by atoms with van der Waals surface area (Å²) in [5.74, 6) is 0.0342. The van der Waals surface area contributed by atoms with Crippen molar-refractivity contribution in [2.75, 3.05) is 39.5 Å². The molecule has 0 aromatic heterocycles. The van der Waals surface area contributed by atoms with Crippen LogP contribution in [-0.2, 0) is 36.5 Å². The monoisotopic (exact) mass is 1080 g/mol. The number of carbonyl (C=O) groups is 4. The highest BCUT2D eigenvalue weighted by atomic mass is 16.6. The van der Waals surface area contributed by atoms with Crippen molar-refractivity contribution in [3.05, 3.63) is 220 Å². The van der Waals surface area contributed by atoms with E-state index < -0.39 is 44.3 Å². The average molecular weight is 1080 g/mol. The number of amides is 4. The van der Waals surface area contributed by atoms with Crippen molar-refractivity contribution in [1.29, 1.82) is 0 Å². The van der Waals surface area contributed by atoms with Crippen LogP contribution in [0, 0.1) is 20.2 Å². The van der Waals surface area contributed by atoms with Crippen LogP contribution in [0.25, 0.3) is 0 Å². The van der Waals surface area contributed by atoms with Crippen molar-refractivity contribution >= 4 is 35.0 Å². The topological polar surface area (TPSA) is 198 Å². The normalized spacial score (nSPS) is 13.9. The average Bonchev–Trinajstić information content (AvgIpc) is 3.83. The Kier molecular flexibility index (Phi) is 15.9. The van der Waals surface area contributed by atoms with Crippen LogP contribution in [0.15, 0.2) is 122 Å². The van der Waals surface area contributed by atoms with Crippen LogP contribution in [0.4, 0.5) is 11.4 Å². The molecule has 0 spiro atoms. The third kappa shape index (κ3) is 11.5. The van der Waals surface area contributed by atoms with E-state index >= 15 is 0 Å². The van der Waals surface area contributed by atoms with E-state index in [0.29, 0.717) is 89.8 Å². The minimum atomic E-state index is -0.463. The number of fused-ring (bicyclic) bond motifs is 10. The number of non-ortho nitro benzene ring substituents is 2. The van der Waals surface area contributed by atoms with Crippen molar-refractivity contribution in [1.82, 2.24) is 9.80 Å². The molecule has 80 heavy (non-hydrogen) atoms. The van der Waals surface area contributed by atoms with Crippen LogP contribution < -0.4 is 18.9 Å². The zero-order valence-electron chi connectivity index (χ0n) is 46.0. The zero-order valence-corrected chi connectivity index (χ0v) is 46.0. The van der Waals surface area contributed by atoms with Gasteiger partial charge in [0.2, 0.25) is 0 Å². The second-order valence-corrected chi connectivity index (χ2v) is 22.4. The number of hydrogen-bond donors (Lipinski definition) is 0. The Labute approximate surface area is 464 Å². The molecule has 0 saturated carbocycles. The summed E-state index contributed by atoms with van der Waals surface area (Å²) >= 11 is 0. The summed E-state index contributed by atoms with van der Waals surface area (Å²) < 4.78 is 26.9. The largest absolute Gasteiger partial charge is 0.493 e. The predicted octanol–water partition coefficient (Wildman–Crippen LogP) is 12.0. The molecule has 2 heterocycles. The highest BCUT2D eigenvalue weighted by Gasteiger charge is 2.37. The summed E-state index contributed by atoms with van der Waals surface area (Å²) in [6.45, 7) is 20.5. The van der Waals surface area contributed by atoms with Crippen LogP contribution in [0.5, 0.6) is 23.0 Å². The molecule has 9 rings (SSSR count). The summed E-state index contributed by atoms with van der Waals surface area (Å²) in [6, 6.07) is 27.4. The maximum atomic E-state index is 13.4. The molecule has 4 amide bonds. The SMILES string of the molecule is C=CCOc1c2cc([N+](=O)[O-])cc1Cc1cc(C(C)(C)C)cc(c1OCCCN1C(=O)c3ccccc3C1=O)Cc1cc([N+](=O)[O-])cc(c1OCC=C)Cc1cc(C(C)(C)C)cc(c1OCCCN1C(=O)c3ccccc3C1=O)C2. The molecule has 6 aromatic rings. The van der Waals surface area contributed by atoms with E-state index in [1.54, 1.807) is 60.7 Å². The number of nitro benzene ring substituents is 2. The second kappa shape index (κ2) is 22.8. The summed E-state index contributed by atoms with van der Waals surface area (Å²) in [6.07, 6.45) is 3.91. The smallest absolute Gasteiger partial charge is 0.270 e. The van der Waals surface area contributed by atoms with E-state index in [0.717, 1.165) is 11.1 Å². The second-order valence-electron chi connectivity index (χ2n) is 22.4. The minimum Gasteiger partial charge on any atom is -0.493 e. The Morgan fingerprint density at radius 3 is 0.975 bits per heavy atom. The van der Waals surface area contributed by atoms with Gasteiger partial charge in [-0.25, -0.2) is 0 Å². The van der Waals surface area contributed by atoms with Gasteiger partial charge in [-0.15, -0.1) is 0 Å². The van der Waals surface area contributed by atoms with Crippen LogP contribution in [-0.4, -0.2) is 82.8 Å². The first-order valence-electron chi connectivity index (χ1n) is 26.7. The lowest BCUT2D eigenvalue weighted by Crippen LogP contribution is -2.31. The Balaban J connectivity index is 1.22. The van der Waals surface area contributed by atoms with Gasteiger partial charge in [0.05, 0.1) is 45.3 Å². The van der Waals surface area contributed by atoms with Gasteiger partial charge in [0, 0.05) is 85.3 Å². The van der Waals surface area contributed by atoms with Crippen molar-refractivity contribution in [2.45, 2.75) is 90.9 Å². The lowest BCUT2D eigenvalue weighted by atomic mass is 9.81. The lowest BCUT2D eigenvalue weighted by Gasteiger charge is -2.27. The quantitative estimate of drug-likeness (QED) is 0.0259. The Morgan fingerprint density at radius 2 is 0.725 bits per heavy atom. The number of carbonyl (C=O) groups excluding carboxylic acids is 4. The summed E-state index contributed by atoms with van der Waals surface area (Å²) in [5.41, 5.74) is 6.23. The Hall–Kier alpha value is -8.92. The van der Waals surface area contributed by atoms with Crippen molar-refractivity contribution in [3.63, 3.8) is 0 Å². The molecule has 0 radical (unpaired) electrons. The van der Waals surface area contributed by atoms with Crippen LogP contribution in [0.3, 0.4) is 0 Å². The van der Waals surface area contributed by atoms with Crippen molar-refractivity contribution < 1.29 is 48.0 Å². The third-order valence-corrected chi connectivity index (χ3v) is 14.6. The molecule has 0 fully saturated rings. The molecule has 412 valence electrons. The maximum Gasteiger partial charge on any atom is 0.270 e.